The van der Waals surface area contributed by atoms with Crippen molar-refractivity contribution in [1.29, 1.82) is 0 Å². The molecule has 5 rings (SSSR count). The Bertz CT molecular complexity index is 755. The number of allylic oxidation sites excluding steroid dienone is 2. The largest absolute Gasteiger partial charge is 0.392 e. The SMILES string of the molecule is CC(C)[C@@H]1CC[C@]2(C)C1=CC[C@]1(C)[C@H]3CC[C@]4(C)O[C@@H]4C(=O)[C@]3(C)[C@@H](O)C[C@H]12. The molecular formula is C25H38O3. The van der Waals surface area contributed by atoms with Gasteiger partial charge in [-0.1, -0.05) is 39.3 Å². The number of ketones is 1. The molecule has 1 aliphatic heterocycles. The Morgan fingerprint density at radius 2 is 1.82 bits per heavy atom. The number of carbonyl (C=O) groups excluding carboxylic acids is 1. The fourth-order valence-electron chi connectivity index (χ4n) is 8.57. The van der Waals surface area contributed by atoms with Gasteiger partial charge in [-0.25, -0.2) is 0 Å². The van der Waals surface area contributed by atoms with E-state index in [2.05, 4.69) is 47.6 Å². The molecule has 0 radical (unpaired) electrons. The van der Waals surface area contributed by atoms with Crippen LogP contribution in [0.25, 0.3) is 0 Å². The molecule has 3 heteroatoms. The molecular weight excluding hydrogens is 348 g/mol. The Morgan fingerprint density at radius 1 is 1.11 bits per heavy atom. The maximum Gasteiger partial charge on any atom is 0.173 e. The molecule has 5 aliphatic rings. The van der Waals surface area contributed by atoms with Gasteiger partial charge in [0.15, 0.2) is 5.78 Å². The molecule has 0 aromatic heterocycles. The number of rotatable bonds is 1. The highest BCUT2D eigenvalue weighted by Gasteiger charge is 2.72. The Balaban J connectivity index is 1.60. The Labute approximate surface area is 170 Å². The van der Waals surface area contributed by atoms with Crippen LogP contribution in [0.2, 0.25) is 0 Å². The number of aliphatic hydroxyl groups is 1. The summed E-state index contributed by atoms with van der Waals surface area (Å²) in [7, 11) is 0. The number of Topliss-reactive ketones (excluding diaryl/α,β-unsaturated/α-hetero) is 1. The lowest BCUT2D eigenvalue weighted by molar-refractivity contribution is -0.180. The summed E-state index contributed by atoms with van der Waals surface area (Å²) in [6, 6.07) is 0. The zero-order chi connectivity index (χ0) is 20.3. The van der Waals surface area contributed by atoms with Crippen molar-refractivity contribution in [3.05, 3.63) is 11.6 Å². The molecule has 3 nitrogen and oxygen atoms in total. The lowest BCUT2D eigenvalue weighted by Gasteiger charge is -2.63. The number of fused-ring (bicyclic) bond motifs is 6. The fraction of sp³-hybridized carbons (Fsp3) is 0.880. The van der Waals surface area contributed by atoms with Gasteiger partial charge in [0.05, 0.1) is 17.1 Å². The summed E-state index contributed by atoms with van der Waals surface area (Å²) in [4.78, 5) is 13.5. The molecule has 1 heterocycles. The number of ether oxygens (including phenoxy) is 1. The number of aliphatic hydroxyl groups excluding tert-OH is 1. The third kappa shape index (κ3) is 2.11. The molecule has 28 heavy (non-hydrogen) atoms. The third-order valence-corrected chi connectivity index (χ3v) is 10.4. The summed E-state index contributed by atoms with van der Waals surface area (Å²) >= 11 is 0. The molecule has 0 spiro atoms. The molecule has 0 aromatic rings. The summed E-state index contributed by atoms with van der Waals surface area (Å²) < 4.78 is 5.85. The first-order valence-electron chi connectivity index (χ1n) is 11.6. The number of carbonyl (C=O) groups is 1. The van der Waals surface area contributed by atoms with E-state index >= 15 is 0 Å². The second-order valence-corrected chi connectivity index (χ2v) is 12.0. The number of hydrogen-bond acceptors (Lipinski definition) is 3. The number of hydrogen-bond donors (Lipinski definition) is 1. The first-order valence-corrected chi connectivity index (χ1v) is 11.6. The van der Waals surface area contributed by atoms with E-state index in [4.69, 9.17) is 4.74 Å². The van der Waals surface area contributed by atoms with Crippen LogP contribution in [0.4, 0.5) is 0 Å². The topological polar surface area (TPSA) is 49.8 Å². The van der Waals surface area contributed by atoms with Crippen molar-refractivity contribution in [3.63, 3.8) is 0 Å². The van der Waals surface area contributed by atoms with Crippen LogP contribution in [0.15, 0.2) is 11.6 Å². The predicted molar refractivity (Wildman–Crippen MR) is 110 cm³/mol. The second kappa shape index (κ2) is 5.52. The van der Waals surface area contributed by atoms with E-state index in [9.17, 15) is 9.90 Å². The van der Waals surface area contributed by atoms with E-state index < -0.39 is 11.5 Å². The van der Waals surface area contributed by atoms with Crippen LogP contribution in [0, 0.1) is 39.9 Å². The zero-order valence-electron chi connectivity index (χ0n) is 18.5. The Kier molecular flexibility index (Phi) is 3.80. The highest BCUT2D eigenvalue weighted by atomic mass is 16.6. The molecule has 4 fully saturated rings. The second-order valence-electron chi connectivity index (χ2n) is 12.0. The monoisotopic (exact) mass is 386 g/mol. The van der Waals surface area contributed by atoms with Crippen molar-refractivity contribution in [3.8, 4) is 0 Å². The van der Waals surface area contributed by atoms with Crippen LogP contribution in [0.1, 0.15) is 80.1 Å². The highest BCUT2D eigenvalue weighted by Crippen LogP contribution is 2.71. The van der Waals surface area contributed by atoms with Gasteiger partial charge >= 0.3 is 0 Å². The van der Waals surface area contributed by atoms with E-state index in [0.29, 0.717) is 17.8 Å². The molecule has 156 valence electrons. The quantitative estimate of drug-likeness (QED) is 0.514. The lowest BCUT2D eigenvalue weighted by Crippen LogP contribution is -2.62. The average molecular weight is 387 g/mol. The lowest BCUT2D eigenvalue weighted by atomic mass is 9.41. The van der Waals surface area contributed by atoms with Gasteiger partial charge in [-0.2, -0.15) is 0 Å². The summed E-state index contributed by atoms with van der Waals surface area (Å²) in [6.07, 6.45) is 8.00. The maximum atomic E-state index is 13.5. The fourth-order valence-corrected chi connectivity index (χ4v) is 8.57. The molecule has 0 unspecified atom stereocenters. The van der Waals surface area contributed by atoms with Crippen LogP contribution in [-0.2, 0) is 9.53 Å². The minimum atomic E-state index is -0.665. The van der Waals surface area contributed by atoms with E-state index in [-0.39, 0.29) is 34.2 Å². The first kappa shape index (κ1) is 19.3. The van der Waals surface area contributed by atoms with Crippen LogP contribution in [-0.4, -0.2) is 28.7 Å². The first-order chi connectivity index (χ1) is 13.0. The number of epoxide rings is 1. The third-order valence-electron chi connectivity index (χ3n) is 10.4. The van der Waals surface area contributed by atoms with E-state index in [0.717, 1.165) is 25.7 Å². The van der Waals surface area contributed by atoms with Gasteiger partial charge in [-0.05, 0) is 86.9 Å². The van der Waals surface area contributed by atoms with Gasteiger partial charge < -0.3 is 9.84 Å². The zero-order valence-corrected chi connectivity index (χ0v) is 18.5. The van der Waals surface area contributed by atoms with Crippen LogP contribution in [0.5, 0.6) is 0 Å². The van der Waals surface area contributed by atoms with Crippen molar-refractivity contribution in [2.45, 2.75) is 97.9 Å². The highest BCUT2D eigenvalue weighted by molar-refractivity contribution is 5.93. The average Bonchev–Trinajstić information content (AvgIpc) is 3.17. The summed E-state index contributed by atoms with van der Waals surface area (Å²) in [5.41, 5.74) is 0.989. The minimum Gasteiger partial charge on any atom is -0.392 e. The summed E-state index contributed by atoms with van der Waals surface area (Å²) in [5, 5.41) is 11.4. The van der Waals surface area contributed by atoms with Crippen molar-refractivity contribution in [1.82, 2.24) is 0 Å². The molecule has 3 saturated carbocycles. The van der Waals surface area contributed by atoms with Gasteiger partial charge in [0, 0.05) is 0 Å². The summed E-state index contributed by atoms with van der Waals surface area (Å²) in [5.74, 6) is 2.25. The van der Waals surface area contributed by atoms with Crippen LogP contribution >= 0.6 is 0 Å². The van der Waals surface area contributed by atoms with E-state index in [1.165, 1.54) is 12.8 Å². The molecule has 0 aromatic carbocycles. The van der Waals surface area contributed by atoms with Crippen LogP contribution < -0.4 is 0 Å². The van der Waals surface area contributed by atoms with Gasteiger partial charge in [-0.15, -0.1) is 0 Å². The minimum absolute atomic E-state index is 0.0842. The van der Waals surface area contributed by atoms with Crippen molar-refractivity contribution in [2.75, 3.05) is 0 Å². The molecule has 9 atom stereocenters. The van der Waals surface area contributed by atoms with E-state index in [1.54, 1.807) is 5.57 Å². The van der Waals surface area contributed by atoms with Crippen LogP contribution in [0.3, 0.4) is 0 Å². The predicted octanol–water partition coefficient (Wildman–Crippen LogP) is 4.92. The molecule has 0 amide bonds. The standard InChI is InChI=1S/C25H38O3/c1-14(2)15-7-10-22(3)16(15)8-11-23(4)17-9-12-24(5)21(28-24)20(27)25(17,6)19(26)13-18(22)23/h8,14-15,17-19,21,26H,7,9-13H2,1-6H3/t15-,17+,18-,19-,21+,22+,23+,24-,25-/m0/s1. The Hall–Kier alpha value is -0.670. The van der Waals surface area contributed by atoms with E-state index in [1.807, 2.05) is 0 Å². The van der Waals surface area contributed by atoms with Gasteiger partial charge in [0.25, 0.3) is 0 Å². The molecule has 4 aliphatic carbocycles. The molecule has 1 saturated heterocycles. The van der Waals surface area contributed by atoms with Gasteiger partial charge in [0.1, 0.15) is 6.10 Å². The Morgan fingerprint density at radius 3 is 2.50 bits per heavy atom. The van der Waals surface area contributed by atoms with Crippen molar-refractivity contribution in [2.24, 2.45) is 39.9 Å². The van der Waals surface area contributed by atoms with Crippen molar-refractivity contribution < 1.29 is 14.6 Å². The van der Waals surface area contributed by atoms with Crippen molar-refractivity contribution >= 4 is 5.78 Å². The summed E-state index contributed by atoms with van der Waals surface area (Å²) in [6.45, 7) is 13.8. The maximum absolute atomic E-state index is 13.5. The van der Waals surface area contributed by atoms with Gasteiger partial charge in [-0.3, -0.25) is 4.79 Å². The smallest absolute Gasteiger partial charge is 0.173 e. The molecule has 1 N–H and O–H groups in total. The normalized spacial score (nSPS) is 57.6. The van der Waals surface area contributed by atoms with Gasteiger partial charge in [0.2, 0.25) is 0 Å². The molecule has 0 bridgehead atoms.